The minimum Gasteiger partial charge on any atom is -0.480 e. The Morgan fingerprint density at radius 3 is 1.89 bits per heavy atom. The zero-order valence-corrected chi connectivity index (χ0v) is 22.8. The van der Waals surface area contributed by atoms with Gasteiger partial charge in [-0.3, -0.25) is 9.80 Å². The summed E-state index contributed by atoms with van der Waals surface area (Å²) in [4.78, 5) is 20.8. The monoisotopic (exact) mass is 546 g/mol. The van der Waals surface area contributed by atoms with E-state index in [-0.39, 0.29) is 0 Å². The fraction of sp³-hybridized carbons (Fsp3) is 0.400. The van der Waals surface area contributed by atoms with Crippen LogP contribution in [0.3, 0.4) is 0 Å². The average molecular weight is 547 g/mol. The molecule has 0 radical (unpaired) electrons. The Balaban J connectivity index is 1.35. The number of carboxylic acids is 1. The van der Waals surface area contributed by atoms with Crippen LogP contribution in [0.25, 0.3) is 0 Å². The molecule has 6 nitrogen and oxygen atoms in total. The summed E-state index contributed by atoms with van der Waals surface area (Å²) in [6, 6.07) is 20.0. The van der Waals surface area contributed by atoms with Crippen LogP contribution < -0.4 is 0 Å². The number of benzene rings is 2. The molecule has 1 N–H and O–H groups in total. The molecule has 2 aromatic carbocycles. The number of hydrogen-bond acceptors (Lipinski definition) is 7. The number of thioether (sulfide) groups is 2. The summed E-state index contributed by atoms with van der Waals surface area (Å²) >= 11 is 14.4. The minimum atomic E-state index is -0.868. The van der Waals surface area contributed by atoms with Crippen molar-refractivity contribution in [2.75, 3.05) is 44.7 Å². The standard InChI is InChI=1S/C25H30N4O2S4/c30-23(31)22(29-17-27(19-35-25(29)33)14-12-21-9-5-2-6-10-21)15-28-16-26(18-34-24(28)32)13-11-20-7-3-1-4-8-20/h1-10,22H,11-19H2,(H,30,31). The van der Waals surface area contributed by atoms with Crippen LogP contribution in [0.1, 0.15) is 11.1 Å². The van der Waals surface area contributed by atoms with Gasteiger partial charge in [0.05, 0.1) is 31.6 Å². The van der Waals surface area contributed by atoms with Crippen LogP contribution in [0.5, 0.6) is 0 Å². The zero-order valence-electron chi connectivity index (χ0n) is 19.5. The number of carbonyl (C=O) groups is 1. The lowest BCUT2D eigenvalue weighted by molar-refractivity contribution is -0.142. The second-order valence-corrected chi connectivity index (χ2v) is 11.8. The Bertz CT molecular complexity index is 1010. The van der Waals surface area contributed by atoms with Crippen molar-refractivity contribution < 1.29 is 9.90 Å². The topological polar surface area (TPSA) is 50.3 Å². The summed E-state index contributed by atoms with van der Waals surface area (Å²) in [5, 5.41) is 10.2. The lowest BCUT2D eigenvalue weighted by Gasteiger charge is -2.43. The predicted octanol–water partition coefficient (Wildman–Crippen LogP) is 4.03. The van der Waals surface area contributed by atoms with Gasteiger partial charge in [0.15, 0.2) is 0 Å². The second kappa shape index (κ2) is 13.0. The number of nitrogens with zero attached hydrogens (tertiary/aromatic N) is 4. The van der Waals surface area contributed by atoms with Crippen molar-refractivity contribution in [2.45, 2.75) is 18.9 Å². The molecular weight excluding hydrogens is 517 g/mol. The van der Waals surface area contributed by atoms with Gasteiger partial charge in [-0.25, -0.2) is 4.79 Å². The molecule has 2 aromatic rings. The van der Waals surface area contributed by atoms with Crippen LogP contribution in [0.2, 0.25) is 0 Å². The van der Waals surface area contributed by atoms with Crippen LogP contribution in [0.15, 0.2) is 60.7 Å². The van der Waals surface area contributed by atoms with Gasteiger partial charge in [-0.15, -0.1) is 0 Å². The van der Waals surface area contributed by atoms with E-state index in [1.807, 2.05) is 34.1 Å². The highest BCUT2D eigenvalue weighted by Gasteiger charge is 2.35. The molecule has 2 aliphatic heterocycles. The highest BCUT2D eigenvalue weighted by Crippen LogP contribution is 2.25. The quantitative estimate of drug-likeness (QED) is 0.442. The fourth-order valence-electron chi connectivity index (χ4n) is 4.13. The Labute approximate surface area is 226 Å². The molecule has 0 saturated carbocycles. The molecule has 0 spiro atoms. The van der Waals surface area contributed by atoms with E-state index in [9.17, 15) is 9.90 Å². The maximum atomic E-state index is 12.4. The van der Waals surface area contributed by atoms with Crippen LogP contribution in [0.4, 0.5) is 0 Å². The second-order valence-electron chi connectivity index (χ2n) is 8.67. The van der Waals surface area contributed by atoms with E-state index in [1.165, 1.54) is 22.9 Å². The first-order valence-corrected chi connectivity index (χ1v) is 14.4. The van der Waals surface area contributed by atoms with Crippen molar-refractivity contribution in [1.29, 1.82) is 0 Å². The number of carboxylic acid groups (broad SMARTS) is 1. The van der Waals surface area contributed by atoms with Gasteiger partial charge in [0.25, 0.3) is 0 Å². The largest absolute Gasteiger partial charge is 0.480 e. The fourth-order valence-corrected chi connectivity index (χ4v) is 6.44. The van der Waals surface area contributed by atoms with Crippen molar-refractivity contribution >= 4 is 62.6 Å². The molecule has 1 unspecified atom stereocenters. The van der Waals surface area contributed by atoms with Gasteiger partial charge >= 0.3 is 5.97 Å². The number of aliphatic carboxylic acids is 1. The Kier molecular flexibility index (Phi) is 9.82. The highest BCUT2D eigenvalue weighted by molar-refractivity contribution is 8.23. The first-order valence-electron chi connectivity index (χ1n) is 11.6. The Morgan fingerprint density at radius 1 is 0.829 bits per heavy atom. The van der Waals surface area contributed by atoms with Crippen molar-refractivity contribution in [3.05, 3.63) is 71.8 Å². The van der Waals surface area contributed by atoms with Crippen molar-refractivity contribution in [1.82, 2.24) is 19.6 Å². The number of hydrogen-bond donors (Lipinski definition) is 1. The molecule has 186 valence electrons. The maximum Gasteiger partial charge on any atom is 0.328 e. The maximum absolute atomic E-state index is 12.4. The van der Waals surface area contributed by atoms with E-state index in [1.54, 1.807) is 11.8 Å². The third-order valence-electron chi connectivity index (χ3n) is 6.13. The van der Waals surface area contributed by atoms with Gasteiger partial charge in [0, 0.05) is 13.1 Å². The molecule has 2 fully saturated rings. The number of thiocarbonyl (C=S) groups is 2. The lowest BCUT2D eigenvalue weighted by atomic mass is 10.1. The third kappa shape index (κ3) is 7.65. The molecule has 2 heterocycles. The molecule has 4 rings (SSSR count). The summed E-state index contributed by atoms with van der Waals surface area (Å²) in [6.45, 7) is 3.22. The zero-order chi connectivity index (χ0) is 24.6. The molecule has 0 aromatic heterocycles. The normalized spacial score (nSPS) is 18.6. The molecule has 0 aliphatic carbocycles. The van der Waals surface area contributed by atoms with Crippen molar-refractivity contribution in [3.8, 4) is 0 Å². The summed E-state index contributed by atoms with van der Waals surface area (Å²) in [7, 11) is 0. The smallest absolute Gasteiger partial charge is 0.328 e. The van der Waals surface area contributed by atoms with E-state index in [2.05, 4.69) is 46.2 Å². The van der Waals surface area contributed by atoms with Crippen LogP contribution in [0, 0.1) is 0 Å². The number of rotatable bonds is 10. The SMILES string of the molecule is O=C(O)C(CN1CN(CCc2ccccc2)CSC1=S)N1CN(CCc2ccccc2)CSC1=S. The third-order valence-corrected chi connectivity index (χ3v) is 9.31. The van der Waals surface area contributed by atoms with Gasteiger partial charge in [-0.2, -0.15) is 0 Å². The molecule has 2 saturated heterocycles. The van der Waals surface area contributed by atoms with Crippen molar-refractivity contribution in [2.24, 2.45) is 0 Å². The van der Waals surface area contributed by atoms with Crippen LogP contribution in [-0.2, 0) is 17.6 Å². The molecule has 35 heavy (non-hydrogen) atoms. The summed E-state index contributed by atoms with van der Waals surface area (Å²) in [5.74, 6) is 0.734. The molecule has 0 bridgehead atoms. The Hall–Kier alpha value is -1.69. The van der Waals surface area contributed by atoms with Gasteiger partial charge < -0.3 is 14.9 Å². The highest BCUT2D eigenvalue weighted by atomic mass is 32.2. The van der Waals surface area contributed by atoms with Gasteiger partial charge in [-0.1, -0.05) is 109 Å². The first kappa shape index (κ1) is 26.4. The van der Waals surface area contributed by atoms with Crippen LogP contribution >= 0.6 is 48.0 Å². The predicted molar refractivity (Wildman–Crippen MR) is 154 cm³/mol. The molecule has 2 aliphatic rings. The van der Waals surface area contributed by atoms with E-state index in [0.717, 1.165) is 42.0 Å². The van der Waals surface area contributed by atoms with E-state index >= 15 is 0 Å². The van der Waals surface area contributed by atoms with E-state index in [4.69, 9.17) is 24.4 Å². The van der Waals surface area contributed by atoms with E-state index in [0.29, 0.717) is 24.2 Å². The summed E-state index contributed by atoms with van der Waals surface area (Å²) in [6.07, 6.45) is 1.87. The average Bonchev–Trinajstić information content (AvgIpc) is 2.88. The van der Waals surface area contributed by atoms with Crippen LogP contribution in [-0.4, -0.2) is 90.1 Å². The molecular formula is C25H30N4O2S4. The molecule has 0 amide bonds. The van der Waals surface area contributed by atoms with Crippen molar-refractivity contribution in [3.63, 3.8) is 0 Å². The first-order chi connectivity index (χ1) is 17.0. The summed E-state index contributed by atoms with van der Waals surface area (Å²) in [5.41, 5.74) is 2.57. The summed E-state index contributed by atoms with van der Waals surface area (Å²) < 4.78 is 1.40. The lowest BCUT2D eigenvalue weighted by Crippen LogP contribution is -2.58. The molecule has 1 atom stereocenters. The minimum absolute atomic E-state index is 0.316. The van der Waals surface area contributed by atoms with Gasteiger partial charge in [-0.05, 0) is 24.0 Å². The molecule has 10 heteroatoms. The Morgan fingerprint density at radius 2 is 1.34 bits per heavy atom. The van der Waals surface area contributed by atoms with Gasteiger partial charge in [0.1, 0.15) is 14.7 Å². The van der Waals surface area contributed by atoms with Gasteiger partial charge in [0.2, 0.25) is 0 Å². The van der Waals surface area contributed by atoms with E-state index < -0.39 is 12.0 Å².